The fraction of sp³-hybridized carbons (Fsp3) is 0.400. The van der Waals surface area contributed by atoms with Crippen LogP contribution in [0.15, 0.2) is 11.4 Å². The maximum Gasteiger partial charge on any atom is 0.231 e. The number of guanidine groups is 1. The van der Waals surface area contributed by atoms with E-state index >= 15 is 0 Å². The average molecular weight is 258 g/mol. The van der Waals surface area contributed by atoms with Crippen LogP contribution in [0.3, 0.4) is 0 Å². The van der Waals surface area contributed by atoms with E-state index in [1.807, 2.05) is 12.3 Å². The fourth-order valence-electron chi connectivity index (χ4n) is 1.76. The van der Waals surface area contributed by atoms with E-state index < -0.39 is 5.54 Å². The Labute approximate surface area is 103 Å². The lowest BCUT2D eigenvalue weighted by molar-refractivity contribution is -0.129. The van der Waals surface area contributed by atoms with Crippen LogP contribution in [0.1, 0.15) is 18.2 Å². The molecule has 1 atom stereocenters. The quantitative estimate of drug-likeness (QED) is 0.809. The van der Waals surface area contributed by atoms with Crippen LogP contribution in [-0.2, 0) is 10.3 Å². The van der Waals surface area contributed by atoms with Crippen molar-refractivity contribution >= 4 is 34.8 Å². The number of thiophene rings is 1. The van der Waals surface area contributed by atoms with Crippen molar-refractivity contribution in [3.63, 3.8) is 0 Å². The minimum Gasteiger partial charge on any atom is -0.345 e. The zero-order chi connectivity index (χ0) is 11.9. The van der Waals surface area contributed by atoms with E-state index in [2.05, 4.69) is 5.32 Å². The molecule has 0 radical (unpaired) electrons. The molecule has 4 nitrogen and oxygen atoms in total. The number of carbonyl (C=O) groups is 1. The molecule has 1 amide bonds. The van der Waals surface area contributed by atoms with Crippen molar-refractivity contribution in [3.8, 4) is 0 Å². The van der Waals surface area contributed by atoms with Gasteiger partial charge in [-0.2, -0.15) is 0 Å². The van der Waals surface area contributed by atoms with E-state index in [0.29, 0.717) is 11.4 Å². The zero-order valence-electron chi connectivity index (χ0n) is 9.00. The molecular formula is C10H12ClN3OS. The topological polar surface area (TPSA) is 56.2 Å². The molecule has 1 aliphatic rings. The van der Waals surface area contributed by atoms with Gasteiger partial charge in [0.05, 0.1) is 17.0 Å². The first-order valence-electron chi connectivity index (χ1n) is 4.81. The second-order valence-electron chi connectivity index (χ2n) is 4.03. The second-order valence-corrected chi connectivity index (χ2v) is 5.36. The number of hydrogen-bond donors (Lipinski definition) is 2. The van der Waals surface area contributed by atoms with E-state index in [-0.39, 0.29) is 11.9 Å². The molecule has 1 aromatic heterocycles. The molecule has 2 rings (SSSR count). The van der Waals surface area contributed by atoms with E-state index in [0.717, 1.165) is 4.88 Å². The number of carbonyl (C=O) groups excluding carboxylic acids is 1. The van der Waals surface area contributed by atoms with Crippen LogP contribution in [0.25, 0.3) is 0 Å². The third kappa shape index (κ3) is 1.70. The first-order chi connectivity index (χ1) is 7.44. The SMILES string of the molecule is CN1C(=N)N[C@](C)(c2sccc2Cl)CC1=O. The first-order valence-corrected chi connectivity index (χ1v) is 6.06. The summed E-state index contributed by atoms with van der Waals surface area (Å²) in [5.41, 5.74) is -0.564. The van der Waals surface area contributed by atoms with Gasteiger partial charge in [0, 0.05) is 11.9 Å². The third-order valence-electron chi connectivity index (χ3n) is 2.73. The van der Waals surface area contributed by atoms with E-state index in [9.17, 15) is 4.79 Å². The number of hydrogen-bond acceptors (Lipinski definition) is 3. The van der Waals surface area contributed by atoms with Crippen LogP contribution in [0.4, 0.5) is 0 Å². The number of amides is 1. The summed E-state index contributed by atoms with van der Waals surface area (Å²) < 4.78 is 0. The standard InChI is InChI=1S/C10H12ClN3OS/c1-10(8-6(11)3-4-16-8)5-7(15)14(2)9(12)13-10/h3-4H,5H2,1-2H3,(H2,12,13)/t10-/m0/s1. The number of halogens is 1. The third-order valence-corrected chi connectivity index (χ3v) is 4.33. The van der Waals surface area contributed by atoms with Crippen molar-refractivity contribution in [1.82, 2.24) is 10.2 Å². The highest BCUT2D eigenvalue weighted by Crippen LogP contribution is 2.37. The Bertz CT molecular complexity index is 439. The molecule has 0 spiro atoms. The lowest BCUT2D eigenvalue weighted by atomic mass is 9.93. The molecule has 0 saturated carbocycles. The summed E-state index contributed by atoms with van der Waals surface area (Å²) in [6, 6.07) is 1.81. The van der Waals surface area contributed by atoms with Gasteiger partial charge in [-0.3, -0.25) is 15.1 Å². The molecule has 0 bridgehead atoms. The molecule has 86 valence electrons. The Hall–Kier alpha value is -1.07. The maximum absolute atomic E-state index is 11.7. The molecule has 0 aliphatic carbocycles. The van der Waals surface area contributed by atoms with Crippen LogP contribution in [0.5, 0.6) is 0 Å². The van der Waals surface area contributed by atoms with Crippen LogP contribution < -0.4 is 5.32 Å². The molecule has 0 unspecified atom stereocenters. The van der Waals surface area contributed by atoms with Crippen molar-refractivity contribution in [2.75, 3.05) is 7.05 Å². The number of nitrogens with zero attached hydrogens (tertiary/aromatic N) is 1. The number of rotatable bonds is 1. The molecule has 1 aromatic rings. The van der Waals surface area contributed by atoms with Gasteiger partial charge >= 0.3 is 0 Å². The highest BCUT2D eigenvalue weighted by molar-refractivity contribution is 7.10. The van der Waals surface area contributed by atoms with Gasteiger partial charge in [0.2, 0.25) is 5.91 Å². The summed E-state index contributed by atoms with van der Waals surface area (Å²) in [7, 11) is 1.59. The molecule has 6 heteroatoms. The summed E-state index contributed by atoms with van der Waals surface area (Å²) in [5.74, 6) is 0.0407. The smallest absolute Gasteiger partial charge is 0.231 e. The molecule has 2 N–H and O–H groups in total. The molecule has 1 saturated heterocycles. The average Bonchev–Trinajstić information content (AvgIpc) is 2.61. The van der Waals surface area contributed by atoms with Gasteiger partial charge < -0.3 is 5.32 Å². The molecule has 1 aliphatic heterocycles. The minimum absolute atomic E-state index is 0.0734. The van der Waals surface area contributed by atoms with Crippen LogP contribution >= 0.6 is 22.9 Å². The summed E-state index contributed by atoms with van der Waals surface area (Å²) in [6.45, 7) is 1.89. The summed E-state index contributed by atoms with van der Waals surface area (Å²) in [4.78, 5) is 13.9. The Morgan fingerprint density at radius 3 is 2.88 bits per heavy atom. The normalized spacial score (nSPS) is 25.8. The Morgan fingerprint density at radius 1 is 1.69 bits per heavy atom. The van der Waals surface area contributed by atoms with E-state index in [1.54, 1.807) is 13.1 Å². The van der Waals surface area contributed by atoms with Crippen LogP contribution in [0.2, 0.25) is 5.02 Å². The predicted octanol–water partition coefficient (Wildman–Crippen LogP) is 2.00. The van der Waals surface area contributed by atoms with E-state index in [1.165, 1.54) is 16.2 Å². The molecule has 0 aromatic carbocycles. The first kappa shape index (κ1) is 11.4. The van der Waals surface area contributed by atoms with Gasteiger partial charge in [0.25, 0.3) is 0 Å². The van der Waals surface area contributed by atoms with Crippen LogP contribution in [-0.4, -0.2) is 23.8 Å². The van der Waals surface area contributed by atoms with Crippen LogP contribution in [0, 0.1) is 5.41 Å². The summed E-state index contributed by atoms with van der Waals surface area (Å²) in [5, 5.41) is 13.3. The molecule has 16 heavy (non-hydrogen) atoms. The summed E-state index contributed by atoms with van der Waals surface area (Å²) in [6.07, 6.45) is 0.312. The van der Waals surface area contributed by atoms with Gasteiger partial charge in [-0.15, -0.1) is 11.3 Å². The monoisotopic (exact) mass is 257 g/mol. The zero-order valence-corrected chi connectivity index (χ0v) is 10.6. The summed E-state index contributed by atoms with van der Waals surface area (Å²) >= 11 is 7.57. The second kappa shape index (κ2) is 3.75. The minimum atomic E-state index is -0.564. The molecular weight excluding hydrogens is 246 g/mol. The van der Waals surface area contributed by atoms with Crippen molar-refractivity contribution in [3.05, 3.63) is 21.3 Å². The largest absolute Gasteiger partial charge is 0.345 e. The highest BCUT2D eigenvalue weighted by Gasteiger charge is 2.39. The Kier molecular flexibility index (Phi) is 2.67. The lowest BCUT2D eigenvalue weighted by Gasteiger charge is -2.38. The molecule has 1 fully saturated rings. The highest BCUT2D eigenvalue weighted by atomic mass is 35.5. The van der Waals surface area contributed by atoms with Crippen molar-refractivity contribution in [2.45, 2.75) is 18.9 Å². The van der Waals surface area contributed by atoms with Gasteiger partial charge in [-0.05, 0) is 18.4 Å². The van der Waals surface area contributed by atoms with Gasteiger partial charge in [-0.25, -0.2) is 0 Å². The fourth-order valence-corrected chi connectivity index (χ4v) is 3.14. The van der Waals surface area contributed by atoms with Gasteiger partial charge in [0.1, 0.15) is 0 Å². The van der Waals surface area contributed by atoms with Crippen molar-refractivity contribution in [2.24, 2.45) is 0 Å². The predicted molar refractivity (Wildman–Crippen MR) is 64.9 cm³/mol. The Balaban J connectivity index is 2.37. The number of nitrogens with one attached hydrogen (secondary N) is 2. The van der Waals surface area contributed by atoms with Crippen molar-refractivity contribution in [1.29, 1.82) is 5.41 Å². The lowest BCUT2D eigenvalue weighted by Crippen LogP contribution is -2.57. The van der Waals surface area contributed by atoms with Crippen molar-refractivity contribution < 1.29 is 4.79 Å². The molecule has 2 heterocycles. The van der Waals surface area contributed by atoms with Gasteiger partial charge in [-0.1, -0.05) is 11.6 Å². The van der Waals surface area contributed by atoms with Gasteiger partial charge in [0.15, 0.2) is 5.96 Å². The van der Waals surface area contributed by atoms with E-state index in [4.69, 9.17) is 17.0 Å². The Morgan fingerprint density at radius 2 is 2.38 bits per heavy atom. The maximum atomic E-state index is 11.7.